The Balaban J connectivity index is 1.82. The van der Waals surface area contributed by atoms with E-state index in [0.717, 1.165) is 6.42 Å². The molecule has 3 amide bonds. The van der Waals surface area contributed by atoms with E-state index in [1.54, 1.807) is 42.5 Å². The van der Waals surface area contributed by atoms with E-state index in [2.05, 4.69) is 15.6 Å². The highest BCUT2D eigenvalue weighted by molar-refractivity contribution is 6.33. The number of benzene rings is 2. The van der Waals surface area contributed by atoms with Gasteiger partial charge in [0.25, 0.3) is 5.91 Å². The molecule has 30 heavy (non-hydrogen) atoms. The van der Waals surface area contributed by atoms with E-state index in [9.17, 15) is 14.4 Å². The standard InChI is InChI=1S/C22H20ClN3O4/c1-2-11-24-22(29)26-20(27)13-30-21(28)16-12-19(15-8-3-5-9-17(15)23)25-18-10-6-4-7-14(16)18/h3-10,12H,2,11,13H2,1H3,(H2,24,26,27,29). The number of nitrogens with zero attached hydrogens (tertiary/aromatic N) is 1. The first-order chi connectivity index (χ1) is 14.5. The zero-order valence-electron chi connectivity index (χ0n) is 16.3. The Hall–Kier alpha value is -3.45. The number of hydrogen-bond donors (Lipinski definition) is 2. The van der Waals surface area contributed by atoms with E-state index in [4.69, 9.17) is 16.3 Å². The number of urea groups is 1. The zero-order chi connectivity index (χ0) is 21.5. The van der Waals surface area contributed by atoms with Crippen LogP contribution in [0.1, 0.15) is 23.7 Å². The van der Waals surface area contributed by atoms with Gasteiger partial charge in [-0.1, -0.05) is 54.9 Å². The van der Waals surface area contributed by atoms with Crippen molar-refractivity contribution in [3.05, 3.63) is 65.2 Å². The molecule has 0 saturated heterocycles. The fourth-order valence-electron chi connectivity index (χ4n) is 2.81. The van der Waals surface area contributed by atoms with Crippen LogP contribution in [0.4, 0.5) is 4.79 Å². The first-order valence-corrected chi connectivity index (χ1v) is 9.77. The molecule has 0 aliphatic heterocycles. The Morgan fingerprint density at radius 2 is 1.80 bits per heavy atom. The monoisotopic (exact) mass is 425 g/mol. The van der Waals surface area contributed by atoms with Gasteiger partial charge in [-0.05, 0) is 24.6 Å². The Kier molecular flexibility index (Phi) is 6.98. The number of halogens is 1. The lowest BCUT2D eigenvalue weighted by Gasteiger charge is -2.11. The predicted octanol–water partition coefficient (Wildman–Crippen LogP) is 3.95. The van der Waals surface area contributed by atoms with E-state index in [-0.39, 0.29) is 5.56 Å². The lowest BCUT2D eigenvalue weighted by molar-refractivity contribution is -0.123. The molecule has 1 aromatic heterocycles. The number of hydrogen-bond acceptors (Lipinski definition) is 5. The van der Waals surface area contributed by atoms with Crippen molar-refractivity contribution in [1.29, 1.82) is 0 Å². The maximum Gasteiger partial charge on any atom is 0.339 e. The molecule has 2 N–H and O–H groups in total. The summed E-state index contributed by atoms with van der Waals surface area (Å²) in [6.45, 7) is 1.74. The lowest BCUT2D eigenvalue weighted by atomic mass is 10.0. The van der Waals surface area contributed by atoms with Crippen LogP contribution in [-0.4, -0.2) is 36.0 Å². The largest absolute Gasteiger partial charge is 0.452 e. The first-order valence-electron chi connectivity index (χ1n) is 9.39. The highest BCUT2D eigenvalue weighted by atomic mass is 35.5. The fraction of sp³-hybridized carbons (Fsp3) is 0.182. The number of nitrogens with one attached hydrogen (secondary N) is 2. The van der Waals surface area contributed by atoms with Gasteiger partial charge in [0.05, 0.1) is 16.8 Å². The van der Waals surface area contributed by atoms with Gasteiger partial charge < -0.3 is 10.1 Å². The van der Waals surface area contributed by atoms with Crippen molar-refractivity contribution < 1.29 is 19.1 Å². The smallest absolute Gasteiger partial charge is 0.339 e. The second kappa shape index (κ2) is 9.84. The van der Waals surface area contributed by atoms with E-state index in [1.165, 1.54) is 0 Å². The maximum atomic E-state index is 12.7. The fourth-order valence-corrected chi connectivity index (χ4v) is 3.04. The quantitative estimate of drug-likeness (QED) is 0.583. The molecule has 3 rings (SSSR count). The molecule has 3 aromatic rings. The number of carbonyl (C=O) groups is 3. The van der Waals surface area contributed by atoms with Crippen LogP contribution in [-0.2, 0) is 9.53 Å². The summed E-state index contributed by atoms with van der Waals surface area (Å²) in [5.74, 6) is -1.42. The Bertz CT molecular complexity index is 1100. The van der Waals surface area contributed by atoms with Crippen molar-refractivity contribution in [2.75, 3.05) is 13.2 Å². The number of rotatable bonds is 6. The number of aromatic nitrogens is 1. The summed E-state index contributed by atoms with van der Waals surface area (Å²) in [6, 6.07) is 15.2. The summed E-state index contributed by atoms with van der Waals surface area (Å²) in [4.78, 5) is 40.7. The molecule has 0 spiro atoms. The SMILES string of the molecule is CCCNC(=O)NC(=O)COC(=O)c1cc(-c2ccccc2Cl)nc2ccccc12. The van der Waals surface area contributed by atoms with Crippen LogP contribution in [0, 0.1) is 0 Å². The third-order valence-electron chi connectivity index (χ3n) is 4.21. The Morgan fingerprint density at radius 1 is 1.07 bits per heavy atom. The highest BCUT2D eigenvalue weighted by Gasteiger charge is 2.18. The summed E-state index contributed by atoms with van der Waals surface area (Å²) in [5.41, 5.74) is 2.02. The van der Waals surface area contributed by atoms with Gasteiger partial charge in [-0.15, -0.1) is 0 Å². The number of imide groups is 1. The molecule has 0 unspecified atom stereocenters. The Labute approximate surface area is 178 Å². The minimum atomic E-state index is -0.721. The molecule has 8 heteroatoms. The zero-order valence-corrected chi connectivity index (χ0v) is 17.0. The van der Waals surface area contributed by atoms with Crippen LogP contribution < -0.4 is 10.6 Å². The average Bonchev–Trinajstić information content (AvgIpc) is 2.75. The third kappa shape index (κ3) is 5.12. The number of amides is 3. The van der Waals surface area contributed by atoms with E-state index < -0.39 is 24.5 Å². The number of para-hydroxylation sites is 1. The molecule has 2 aromatic carbocycles. The Morgan fingerprint density at radius 3 is 2.57 bits per heavy atom. The highest BCUT2D eigenvalue weighted by Crippen LogP contribution is 2.30. The molecule has 0 saturated carbocycles. The van der Waals surface area contributed by atoms with Gasteiger partial charge in [-0.25, -0.2) is 14.6 Å². The van der Waals surface area contributed by atoms with Gasteiger partial charge in [0.15, 0.2) is 6.61 Å². The molecule has 0 aliphatic rings. The van der Waals surface area contributed by atoms with E-state index >= 15 is 0 Å². The minimum absolute atomic E-state index is 0.249. The van der Waals surface area contributed by atoms with Crippen LogP contribution in [0.25, 0.3) is 22.2 Å². The predicted molar refractivity (Wildman–Crippen MR) is 114 cm³/mol. The van der Waals surface area contributed by atoms with Crippen molar-refractivity contribution in [1.82, 2.24) is 15.6 Å². The third-order valence-corrected chi connectivity index (χ3v) is 4.54. The van der Waals surface area contributed by atoms with Crippen LogP contribution in [0.15, 0.2) is 54.6 Å². The number of fused-ring (bicyclic) bond motifs is 1. The summed E-state index contributed by atoms with van der Waals surface area (Å²) in [6.07, 6.45) is 0.736. The normalized spacial score (nSPS) is 10.5. The van der Waals surface area contributed by atoms with Crippen LogP contribution in [0.3, 0.4) is 0 Å². The van der Waals surface area contributed by atoms with Gasteiger partial charge in [-0.3, -0.25) is 10.1 Å². The van der Waals surface area contributed by atoms with Crippen LogP contribution in [0.5, 0.6) is 0 Å². The molecule has 0 aliphatic carbocycles. The maximum absolute atomic E-state index is 12.7. The number of esters is 1. The summed E-state index contributed by atoms with van der Waals surface area (Å²) >= 11 is 6.28. The number of ether oxygens (including phenoxy) is 1. The van der Waals surface area contributed by atoms with Crippen molar-refractivity contribution in [2.45, 2.75) is 13.3 Å². The number of pyridine rings is 1. The van der Waals surface area contributed by atoms with Gasteiger partial charge in [0.2, 0.25) is 0 Å². The topological polar surface area (TPSA) is 97.4 Å². The van der Waals surface area contributed by atoms with Gasteiger partial charge in [-0.2, -0.15) is 0 Å². The summed E-state index contributed by atoms with van der Waals surface area (Å²) in [7, 11) is 0. The molecular formula is C22H20ClN3O4. The van der Waals surface area contributed by atoms with Crippen molar-refractivity contribution in [3.8, 4) is 11.3 Å². The molecule has 0 bridgehead atoms. The molecule has 154 valence electrons. The van der Waals surface area contributed by atoms with E-state index in [0.29, 0.717) is 33.7 Å². The second-order valence-electron chi connectivity index (χ2n) is 6.43. The number of carbonyl (C=O) groups excluding carboxylic acids is 3. The lowest BCUT2D eigenvalue weighted by Crippen LogP contribution is -2.41. The van der Waals surface area contributed by atoms with Crippen molar-refractivity contribution in [2.24, 2.45) is 0 Å². The molecule has 0 fully saturated rings. The van der Waals surface area contributed by atoms with Crippen LogP contribution in [0.2, 0.25) is 5.02 Å². The average molecular weight is 426 g/mol. The van der Waals surface area contributed by atoms with Crippen molar-refractivity contribution in [3.63, 3.8) is 0 Å². The summed E-state index contributed by atoms with van der Waals surface area (Å²) < 4.78 is 5.13. The second-order valence-corrected chi connectivity index (χ2v) is 6.84. The minimum Gasteiger partial charge on any atom is -0.452 e. The van der Waals surface area contributed by atoms with E-state index in [1.807, 2.05) is 19.1 Å². The van der Waals surface area contributed by atoms with Crippen molar-refractivity contribution >= 4 is 40.4 Å². The molecule has 7 nitrogen and oxygen atoms in total. The van der Waals surface area contributed by atoms with Gasteiger partial charge in [0.1, 0.15) is 0 Å². The molecule has 0 radical (unpaired) electrons. The molecule has 0 atom stereocenters. The molecule has 1 heterocycles. The summed E-state index contributed by atoms with van der Waals surface area (Å²) in [5, 5.41) is 5.69. The van der Waals surface area contributed by atoms with Gasteiger partial charge >= 0.3 is 12.0 Å². The molecular weight excluding hydrogens is 406 g/mol. The van der Waals surface area contributed by atoms with Gasteiger partial charge in [0, 0.05) is 22.5 Å². The van der Waals surface area contributed by atoms with Crippen LogP contribution >= 0.6 is 11.6 Å². The first kappa shape index (κ1) is 21.3.